The molecule has 2 amide bonds. The maximum atomic E-state index is 12.9. The molecule has 2 heterocycles. The Hall–Kier alpha value is -3.52. The van der Waals surface area contributed by atoms with Gasteiger partial charge in [0.1, 0.15) is 5.82 Å². The number of benzene rings is 2. The molecular weight excluding hydrogens is 393 g/mol. The molecule has 4 rings (SSSR count). The lowest BCUT2D eigenvalue weighted by atomic mass is 10.3. The topological polar surface area (TPSA) is 75.4 Å². The van der Waals surface area contributed by atoms with E-state index in [0.717, 1.165) is 10.2 Å². The Balaban J connectivity index is 1.42. The standard InChI is InChI=1S/C21H16FN3O3S/c1-25(12-19(26)23-14-8-6-13(22)7-9-14)21(27)17-11-10-16(28-17)20-24-15-4-2-3-5-18(15)29-20/h2-11H,12H2,1H3,(H,23,26). The average Bonchev–Trinajstić information content (AvgIpc) is 3.36. The van der Waals surface area contributed by atoms with Gasteiger partial charge in [-0.2, -0.15) is 0 Å². The van der Waals surface area contributed by atoms with Crippen LogP contribution < -0.4 is 5.32 Å². The van der Waals surface area contributed by atoms with E-state index in [9.17, 15) is 14.0 Å². The normalized spacial score (nSPS) is 10.8. The second-order valence-corrected chi connectivity index (χ2v) is 7.40. The molecule has 0 aliphatic heterocycles. The Morgan fingerprint density at radius 1 is 1.10 bits per heavy atom. The van der Waals surface area contributed by atoms with Crippen LogP contribution in [-0.4, -0.2) is 35.3 Å². The van der Waals surface area contributed by atoms with Gasteiger partial charge in [-0.15, -0.1) is 11.3 Å². The fourth-order valence-electron chi connectivity index (χ4n) is 2.75. The molecule has 0 saturated carbocycles. The van der Waals surface area contributed by atoms with Crippen molar-refractivity contribution in [3.63, 3.8) is 0 Å². The highest BCUT2D eigenvalue weighted by atomic mass is 32.1. The molecule has 0 aliphatic carbocycles. The van der Waals surface area contributed by atoms with Crippen LogP contribution in [0.5, 0.6) is 0 Å². The van der Waals surface area contributed by atoms with E-state index < -0.39 is 17.6 Å². The lowest BCUT2D eigenvalue weighted by Crippen LogP contribution is -2.34. The molecule has 0 aliphatic rings. The molecule has 0 unspecified atom stereocenters. The molecule has 0 bridgehead atoms. The van der Waals surface area contributed by atoms with Crippen LogP contribution >= 0.6 is 11.3 Å². The molecule has 0 fully saturated rings. The number of rotatable bonds is 5. The molecular formula is C21H16FN3O3S. The molecule has 29 heavy (non-hydrogen) atoms. The zero-order valence-corrected chi connectivity index (χ0v) is 16.2. The van der Waals surface area contributed by atoms with Gasteiger partial charge in [-0.3, -0.25) is 9.59 Å². The number of carbonyl (C=O) groups excluding carboxylic acids is 2. The van der Waals surface area contributed by atoms with E-state index in [1.54, 1.807) is 12.1 Å². The van der Waals surface area contributed by atoms with E-state index in [1.165, 1.54) is 47.5 Å². The van der Waals surface area contributed by atoms with Gasteiger partial charge in [0.2, 0.25) is 5.91 Å². The number of thiazole rings is 1. The Labute approximate surface area is 169 Å². The number of carbonyl (C=O) groups is 2. The van der Waals surface area contributed by atoms with Crippen molar-refractivity contribution in [2.75, 3.05) is 18.9 Å². The summed E-state index contributed by atoms with van der Waals surface area (Å²) >= 11 is 1.48. The molecule has 146 valence electrons. The third-order valence-electron chi connectivity index (χ3n) is 4.18. The summed E-state index contributed by atoms with van der Waals surface area (Å²) in [5, 5.41) is 3.30. The van der Waals surface area contributed by atoms with E-state index in [0.29, 0.717) is 16.5 Å². The van der Waals surface area contributed by atoms with Crippen LogP contribution in [0.3, 0.4) is 0 Å². The third kappa shape index (κ3) is 4.17. The maximum Gasteiger partial charge on any atom is 0.289 e. The molecule has 0 atom stereocenters. The number of para-hydroxylation sites is 1. The Morgan fingerprint density at radius 3 is 2.62 bits per heavy atom. The van der Waals surface area contributed by atoms with E-state index in [2.05, 4.69) is 10.3 Å². The summed E-state index contributed by atoms with van der Waals surface area (Å²) in [5.74, 6) is -0.593. The predicted octanol–water partition coefficient (Wildman–Crippen LogP) is 4.41. The van der Waals surface area contributed by atoms with Crippen molar-refractivity contribution in [1.82, 2.24) is 9.88 Å². The summed E-state index contributed by atoms with van der Waals surface area (Å²) < 4.78 is 19.6. The minimum Gasteiger partial charge on any atom is -0.448 e. The van der Waals surface area contributed by atoms with Gasteiger partial charge in [-0.1, -0.05) is 12.1 Å². The van der Waals surface area contributed by atoms with Crippen molar-refractivity contribution in [3.8, 4) is 10.8 Å². The summed E-state index contributed by atoms with van der Waals surface area (Å²) in [7, 11) is 1.51. The van der Waals surface area contributed by atoms with Gasteiger partial charge >= 0.3 is 0 Å². The lowest BCUT2D eigenvalue weighted by Gasteiger charge is -2.15. The van der Waals surface area contributed by atoms with Crippen molar-refractivity contribution in [1.29, 1.82) is 0 Å². The van der Waals surface area contributed by atoms with Gasteiger partial charge in [0.05, 0.1) is 16.8 Å². The average molecular weight is 409 g/mol. The number of fused-ring (bicyclic) bond motifs is 1. The van der Waals surface area contributed by atoms with Crippen LogP contribution in [0.15, 0.2) is 65.1 Å². The molecule has 2 aromatic heterocycles. The molecule has 0 spiro atoms. The fraction of sp³-hybridized carbons (Fsp3) is 0.0952. The number of furan rings is 1. The number of nitrogens with one attached hydrogen (secondary N) is 1. The molecule has 8 heteroatoms. The smallest absolute Gasteiger partial charge is 0.289 e. The van der Waals surface area contributed by atoms with Crippen molar-refractivity contribution < 1.29 is 18.4 Å². The minimum absolute atomic E-state index is 0.122. The zero-order valence-electron chi connectivity index (χ0n) is 15.4. The summed E-state index contributed by atoms with van der Waals surface area (Å²) in [6.07, 6.45) is 0. The van der Waals surface area contributed by atoms with Gasteiger partial charge < -0.3 is 14.6 Å². The van der Waals surface area contributed by atoms with E-state index >= 15 is 0 Å². The van der Waals surface area contributed by atoms with Crippen LogP contribution in [0.4, 0.5) is 10.1 Å². The number of likely N-dealkylation sites (N-methyl/N-ethyl adjacent to an activating group) is 1. The van der Waals surface area contributed by atoms with Crippen LogP contribution in [-0.2, 0) is 4.79 Å². The van der Waals surface area contributed by atoms with E-state index in [-0.39, 0.29) is 12.3 Å². The van der Waals surface area contributed by atoms with Crippen LogP contribution in [0.25, 0.3) is 21.0 Å². The fourth-order valence-corrected chi connectivity index (χ4v) is 3.68. The Morgan fingerprint density at radius 2 is 1.86 bits per heavy atom. The van der Waals surface area contributed by atoms with Crippen LogP contribution in [0.2, 0.25) is 0 Å². The number of aromatic nitrogens is 1. The number of amides is 2. The maximum absolute atomic E-state index is 12.9. The van der Waals surface area contributed by atoms with Gasteiger partial charge in [0, 0.05) is 12.7 Å². The van der Waals surface area contributed by atoms with Gasteiger partial charge in [0.25, 0.3) is 5.91 Å². The van der Waals surface area contributed by atoms with Gasteiger partial charge in [-0.25, -0.2) is 9.37 Å². The van der Waals surface area contributed by atoms with Crippen LogP contribution in [0.1, 0.15) is 10.6 Å². The Kier molecular flexibility index (Phi) is 5.09. The first-order valence-electron chi connectivity index (χ1n) is 8.76. The van der Waals surface area contributed by atoms with E-state index in [1.807, 2.05) is 24.3 Å². The van der Waals surface area contributed by atoms with Crippen molar-refractivity contribution in [2.24, 2.45) is 0 Å². The molecule has 0 radical (unpaired) electrons. The molecule has 0 saturated heterocycles. The van der Waals surface area contributed by atoms with Crippen LogP contribution in [0, 0.1) is 5.82 Å². The summed E-state index contributed by atoms with van der Waals surface area (Å²) in [6.45, 7) is -0.173. The van der Waals surface area contributed by atoms with Gasteiger partial charge in [-0.05, 0) is 48.5 Å². The number of hydrogen-bond acceptors (Lipinski definition) is 5. The van der Waals surface area contributed by atoms with E-state index in [4.69, 9.17) is 4.42 Å². The highest BCUT2D eigenvalue weighted by Crippen LogP contribution is 2.31. The first-order chi connectivity index (χ1) is 14.0. The summed E-state index contributed by atoms with van der Waals surface area (Å²) in [6, 6.07) is 16.4. The number of nitrogens with zero attached hydrogens (tertiary/aromatic N) is 2. The third-order valence-corrected chi connectivity index (χ3v) is 5.23. The lowest BCUT2D eigenvalue weighted by molar-refractivity contribution is -0.116. The molecule has 4 aromatic rings. The largest absolute Gasteiger partial charge is 0.448 e. The van der Waals surface area contributed by atoms with Crippen molar-refractivity contribution >= 4 is 39.1 Å². The second kappa shape index (κ2) is 7.84. The summed E-state index contributed by atoms with van der Waals surface area (Å²) in [5.41, 5.74) is 1.32. The number of halogens is 1. The quantitative estimate of drug-likeness (QED) is 0.530. The summed E-state index contributed by atoms with van der Waals surface area (Å²) in [4.78, 5) is 30.5. The first kappa shape index (κ1) is 18.8. The first-order valence-corrected chi connectivity index (χ1v) is 9.58. The van der Waals surface area contributed by atoms with Crippen molar-refractivity contribution in [3.05, 3.63) is 72.2 Å². The highest BCUT2D eigenvalue weighted by molar-refractivity contribution is 7.21. The second-order valence-electron chi connectivity index (χ2n) is 6.37. The molecule has 6 nitrogen and oxygen atoms in total. The SMILES string of the molecule is CN(CC(=O)Nc1ccc(F)cc1)C(=O)c1ccc(-c2nc3ccccc3s2)o1. The van der Waals surface area contributed by atoms with Gasteiger partial charge in [0.15, 0.2) is 16.5 Å². The molecule has 1 N–H and O–H groups in total. The Bertz CT molecular complexity index is 1150. The number of hydrogen-bond donors (Lipinski definition) is 1. The molecule has 2 aromatic carbocycles. The minimum atomic E-state index is -0.424. The van der Waals surface area contributed by atoms with Crippen molar-refractivity contribution in [2.45, 2.75) is 0 Å². The zero-order chi connectivity index (χ0) is 20.4. The highest BCUT2D eigenvalue weighted by Gasteiger charge is 2.20. The predicted molar refractivity (Wildman–Crippen MR) is 109 cm³/mol. The monoisotopic (exact) mass is 409 g/mol. The number of anilines is 1.